The smallest absolute Gasteiger partial charge is 0.123 e. The molecule has 2 rings (SSSR count). The number of allylic oxidation sites excluding steroid dienone is 1. The minimum absolute atomic E-state index is 0.196. The SMILES string of the molecule is Fc1ccc2c(c1)CC(S)=C2S. The van der Waals surface area contributed by atoms with Crippen molar-refractivity contribution in [1.82, 2.24) is 0 Å². The maximum atomic E-state index is 12.7. The molecule has 0 fully saturated rings. The minimum atomic E-state index is -0.196. The first-order chi connectivity index (χ1) is 5.68. The van der Waals surface area contributed by atoms with Gasteiger partial charge in [-0.1, -0.05) is 6.07 Å². The van der Waals surface area contributed by atoms with Gasteiger partial charge in [0, 0.05) is 11.3 Å². The molecule has 1 aliphatic rings. The molecule has 0 atom stereocenters. The Balaban J connectivity index is 2.58. The van der Waals surface area contributed by atoms with E-state index >= 15 is 0 Å². The summed E-state index contributed by atoms with van der Waals surface area (Å²) < 4.78 is 12.7. The third kappa shape index (κ3) is 1.17. The number of hydrogen-bond acceptors (Lipinski definition) is 2. The fourth-order valence-corrected chi connectivity index (χ4v) is 1.95. The first-order valence-corrected chi connectivity index (χ1v) is 4.48. The van der Waals surface area contributed by atoms with E-state index in [0.717, 1.165) is 20.9 Å². The molecule has 0 N–H and O–H groups in total. The number of thiol groups is 2. The van der Waals surface area contributed by atoms with Crippen molar-refractivity contribution in [2.24, 2.45) is 0 Å². The summed E-state index contributed by atoms with van der Waals surface area (Å²) in [5.41, 5.74) is 1.98. The molecule has 0 heterocycles. The molecule has 0 spiro atoms. The molecule has 1 aliphatic carbocycles. The van der Waals surface area contributed by atoms with Gasteiger partial charge in [0.15, 0.2) is 0 Å². The van der Waals surface area contributed by atoms with Crippen LogP contribution in [0.1, 0.15) is 11.1 Å². The highest BCUT2D eigenvalue weighted by Gasteiger charge is 2.16. The van der Waals surface area contributed by atoms with E-state index in [1.54, 1.807) is 6.07 Å². The Labute approximate surface area is 81.3 Å². The van der Waals surface area contributed by atoms with Gasteiger partial charge in [0.05, 0.1) is 0 Å². The lowest BCUT2D eigenvalue weighted by Crippen LogP contribution is -1.84. The van der Waals surface area contributed by atoms with E-state index in [1.807, 2.05) is 0 Å². The van der Waals surface area contributed by atoms with Gasteiger partial charge in [-0.2, -0.15) is 0 Å². The van der Waals surface area contributed by atoms with Gasteiger partial charge in [-0.3, -0.25) is 0 Å². The van der Waals surface area contributed by atoms with E-state index in [9.17, 15) is 4.39 Å². The Morgan fingerprint density at radius 1 is 1.25 bits per heavy atom. The Hall–Kier alpha value is -0.410. The van der Waals surface area contributed by atoms with Gasteiger partial charge in [0.2, 0.25) is 0 Å². The molecule has 0 saturated heterocycles. The second-order valence-electron chi connectivity index (χ2n) is 2.77. The fraction of sp³-hybridized carbons (Fsp3) is 0.111. The number of hydrogen-bond donors (Lipinski definition) is 2. The van der Waals surface area contributed by atoms with Crippen molar-refractivity contribution < 1.29 is 4.39 Å². The number of halogens is 1. The van der Waals surface area contributed by atoms with Gasteiger partial charge >= 0.3 is 0 Å². The lowest BCUT2D eigenvalue weighted by atomic mass is 10.1. The summed E-state index contributed by atoms with van der Waals surface area (Å²) in [6.45, 7) is 0. The lowest BCUT2D eigenvalue weighted by Gasteiger charge is -1.98. The van der Waals surface area contributed by atoms with Gasteiger partial charge in [-0.05, 0) is 28.2 Å². The molecule has 0 amide bonds. The molecule has 1 aromatic carbocycles. The van der Waals surface area contributed by atoms with Crippen LogP contribution in [0.2, 0.25) is 0 Å². The molecule has 0 nitrogen and oxygen atoms in total. The van der Waals surface area contributed by atoms with Crippen LogP contribution >= 0.6 is 25.3 Å². The fourth-order valence-electron chi connectivity index (χ4n) is 1.36. The second-order valence-corrected chi connectivity index (χ2v) is 3.76. The average Bonchev–Trinajstić information content (AvgIpc) is 2.28. The van der Waals surface area contributed by atoms with Crippen LogP contribution in [0, 0.1) is 5.82 Å². The molecule has 0 saturated carbocycles. The third-order valence-electron chi connectivity index (χ3n) is 1.95. The van der Waals surface area contributed by atoms with Crippen LogP contribution < -0.4 is 0 Å². The summed E-state index contributed by atoms with van der Waals surface area (Å²) >= 11 is 8.53. The Morgan fingerprint density at radius 2 is 2.00 bits per heavy atom. The van der Waals surface area contributed by atoms with E-state index in [-0.39, 0.29) is 5.82 Å². The largest absolute Gasteiger partial charge is 0.207 e. The molecule has 0 aliphatic heterocycles. The van der Waals surface area contributed by atoms with E-state index < -0.39 is 0 Å². The predicted octanol–water partition coefficient (Wildman–Crippen LogP) is 2.91. The van der Waals surface area contributed by atoms with E-state index in [4.69, 9.17) is 0 Å². The molecule has 0 bridgehead atoms. The summed E-state index contributed by atoms with van der Waals surface area (Å²) in [5, 5.41) is 0. The van der Waals surface area contributed by atoms with Gasteiger partial charge in [0.25, 0.3) is 0 Å². The molecule has 12 heavy (non-hydrogen) atoms. The topological polar surface area (TPSA) is 0 Å². The highest BCUT2D eigenvalue weighted by Crippen LogP contribution is 2.36. The zero-order chi connectivity index (χ0) is 8.72. The minimum Gasteiger partial charge on any atom is -0.207 e. The van der Waals surface area contributed by atoms with Crippen LogP contribution in [0.3, 0.4) is 0 Å². The summed E-state index contributed by atoms with van der Waals surface area (Å²) in [6, 6.07) is 4.73. The van der Waals surface area contributed by atoms with E-state index in [1.165, 1.54) is 12.1 Å². The first-order valence-electron chi connectivity index (χ1n) is 3.58. The Morgan fingerprint density at radius 3 is 2.75 bits per heavy atom. The second kappa shape index (κ2) is 2.82. The number of benzene rings is 1. The van der Waals surface area contributed by atoms with E-state index in [2.05, 4.69) is 25.3 Å². The van der Waals surface area contributed by atoms with Crippen LogP contribution in [0.5, 0.6) is 0 Å². The average molecular weight is 198 g/mol. The zero-order valence-electron chi connectivity index (χ0n) is 6.21. The van der Waals surface area contributed by atoms with Crippen molar-refractivity contribution >= 4 is 30.2 Å². The third-order valence-corrected chi connectivity index (χ3v) is 3.02. The quantitative estimate of drug-likeness (QED) is 0.588. The summed E-state index contributed by atoms with van der Waals surface area (Å²) in [5.74, 6) is -0.196. The summed E-state index contributed by atoms with van der Waals surface area (Å²) in [7, 11) is 0. The maximum Gasteiger partial charge on any atom is 0.123 e. The highest BCUT2D eigenvalue weighted by atomic mass is 32.1. The number of fused-ring (bicyclic) bond motifs is 1. The number of rotatable bonds is 0. The highest BCUT2D eigenvalue weighted by molar-refractivity contribution is 7.93. The molecular formula is C9H7FS2. The monoisotopic (exact) mass is 198 g/mol. The molecular weight excluding hydrogens is 191 g/mol. The van der Waals surface area contributed by atoms with Crippen LogP contribution in [-0.2, 0) is 6.42 Å². The van der Waals surface area contributed by atoms with Crippen molar-refractivity contribution in [3.63, 3.8) is 0 Å². The first kappa shape index (κ1) is 8.20. The molecule has 0 aromatic heterocycles. The molecule has 0 radical (unpaired) electrons. The normalized spacial score (nSPS) is 15.2. The van der Waals surface area contributed by atoms with Crippen LogP contribution in [0.15, 0.2) is 23.1 Å². The van der Waals surface area contributed by atoms with Gasteiger partial charge < -0.3 is 0 Å². The Bertz CT molecular complexity index is 369. The van der Waals surface area contributed by atoms with Crippen molar-refractivity contribution in [2.45, 2.75) is 6.42 Å². The van der Waals surface area contributed by atoms with Gasteiger partial charge in [-0.25, -0.2) is 4.39 Å². The van der Waals surface area contributed by atoms with Crippen LogP contribution in [-0.4, -0.2) is 0 Å². The van der Waals surface area contributed by atoms with Gasteiger partial charge in [-0.15, -0.1) is 25.3 Å². The Kier molecular flexibility index (Phi) is 1.93. The summed E-state index contributed by atoms with van der Waals surface area (Å²) in [6.07, 6.45) is 0.703. The van der Waals surface area contributed by atoms with Crippen molar-refractivity contribution in [3.05, 3.63) is 40.0 Å². The van der Waals surface area contributed by atoms with E-state index in [0.29, 0.717) is 6.42 Å². The van der Waals surface area contributed by atoms with Crippen molar-refractivity contribution in [1.29, 1.82) is 0 Å². The lowest BCUT2D eigenvalue weighted by molar-refractivity contribution is 0.626. The molecule has 1 aromatic rings. The standard InChI is InChI=1S/C9H7FS2/c10-6-1-2-7-5(3-6)4-8(11)9(7)12/h1-3,11-12H,4H2. The molecule has 0 unspecified atom stereocenters. The molecule has 3 heteroatoms. The summed E-state index contributed by atoms with van der Waals surface area (Å²) in [4.78, 5) is 1.78. The van der Waals surface area contributed by atoms with Crippen molar-refractivity contribution in [3.8, 4) is 0 Å². The van der Waals surface area contributed by atoms with Crippen LogP contribution in [0.25, 0.3) is 4.91 Å². The van der Waals surface area contributed by atoms with Crippen molar-refractivity contribution in [2.75, 3.05) is 0 Å². The molecule has 62 valence electrons. The van der Waals surface area contributed by atoms with Crippen LogP contribution in [0.4, 0.5) is 4.39 Å². The predicted molar refractivity (Wildman–Crippen MR) is 55.0 cm³/mol. The maximum absolute atomic E-state index is 12.7. The zero-order valence-corrected chi connectivity index (χ0v) is 8.00. The van der Waals surface area contributed by atoms with Gasteiger partial charge in [0.1, 0.15) is 5.82 Å².